The Bertz CT molecular complexity index is 721. The molecule has 4 aliphatic carbocycles. The lowest BCUT2D eigenvalue weighted by Gasteiger charge is -2.58. The molecule has 4 bridgehead atoms. The molecule has 0 radical (unpaired) electrons. The Morgan fingerprint density at radius 2 is 1.81 bits per heavy atom. The number of amides is 1. The fraction of sp³-hybridized carbons (Fsp3) is 0.600. The third kappa shape index (κ3) is 3.22. The van der Waals surface area contributed by atoms with Gasteiger partial charge in [0.2, 0.25) is 0 Å². The van der Waals surface area contributed by atoms with Crippen molar-refractivity contribution in [3.8, 4) is 0 Å². The molecule has 140 valence electrons. The van der Waals surface area contributed by atoms with Gasteiger partial charge in [-0.25, -0.2) is 4.39 Å². The molecule has 0 aromatic heterocycles. The molecule has 5 rings (SSSR count). The van der Waals surface area contributed by atoms with E-state index in [-0.39, 0.29) is 16.7 Å². The van der Waals surface area contributed by atoms with Gasteiger partial charge in [-0.05, 0) is 81.5 Å². The van der Waals surface area contributed by atoms with Crippen molar-refractivity contribution in [2.75, 3.05) is 5.32 Å². The molecule has 4 aliphatic rings. The molecule has 4 fully saturated rings. The normalized spacial score (nSPS) is 35.8. The topological polar surface area (TPSA) is 55.4 Å². The number of halogens is 2. The molecule has 1 N–H and O–H groups in total. The van der Waals surface area contributed by atoms with Crippen LogP contribution in [0, 0.1) is 23.1 Å². The third-order valence-corrected chi connectivity index (χ3v) is 6.63. The Kier molecular flexibility index (Phi) is 4.25. The van der Waals surface area contributed by atoms with Crippen LogP contribution in [-0.4, -0.2) is 22.9 Å². The van der Waals surface area contributed by atoms with Crippen molar-refractivity contribution < 1.29 is 18.7 Å². The molecular weight excluding hydrogens is 357 g/mol. The highest BCUT2D eigenvalue weighted by Crippen LogP contribution is 2.64. The van der Waals surface area contributed by atoms with Crippen LogP contribution in [0.3, 0.4) is 0 Å². The van der Waals surface area contributed by atoms with Crippen LogP contribution in [-0.2, 0) is 14.3 Å². The largest absolute Gasteiger partial charge is 0.452 e. The summed E-state index contributed by atoms with van der Waals surface area (Å²) in [5.41, 5.74) is -0.0650. The zero-order chi connectivity index (χ0) is 18.5. The van der Waals surface area contributed by atoms with E-state index in [9.17, 15) is 14.0 Å². The molecule has 5 atom stereocenters. The second-order valence-electron chi connectivity index (χ2n) is 8.44. The predicted octanol–water partition coefficient (Wildman–Crippen LogP) is 4.27. The van der Waals surface area contributed by atoms with Crippen LogP contribution in [0.4, 0.5) is 10.1 Å². The van der Waals surface area contributed by atoms with Gasteiger partial charge >= 0.3 is 5.97 Å². The van der Waals surface area contributed by atoms with E-state index < -0.39 is 17.4 Å². The zero-order valence-corrected chi connectivity index (χ0v) is 15.5. The van der Waals surface area contributed by atoms with Gasteiger partial charge in [-0.1, -0.05) is 0 Å². The first kappa shape index (κ1) is 17.8. The number of nitrogens with one attached hydrogen (secondary N) is 1. The van der Waals surface area contributed by atoms with E-state index in [1.54, 1.807) is 6.92 Å². The van der Waals surface area contributed by atoms with Crippen LogP contribution in [0.25, 0.3) is 0 Å². The lowest BCUT2D eigenvalue weighted by atomic mass is 9.49. The maximum absolute atomic E-state index is 13.0. The quantitative estimate of drug-likeness (QED) is 0.627. The van der Waals surface area contributed by atoms with Crippen LogP contribution in [0.15, 0.2) is 24.3 Å². The minimum atomic E-state index is -0.910. The Morgan fingerprint density at radius 3 is 2.38 bits per heavy atom. The lowest BCUT2D eigenvalue weighted by molar-refractivity contribution is -0.176. The molecule has 0 saturated heterocycles. The molecule has 0 spiro atoms. The molecule has 1 aromatic rings. The molecule has 2 unspecified atom stereocenters. The summed E-state index contributed by atoms with van der Waals surface area (Å²) in [6.07, 6.45) is 4.52. The number of ether oxygens (including phenoxy) is 1. The average molecular weight is 380 g/mol. The van der Waals surface area contributed by atoms with Crippen molar-refractivity contribution in [3.05, 3.63) is 30.1 Å². The van der Waals surface area contributed by atoms with Gasteiger partial charge in [0.1, 0.15) is 5.82 Å². The van der Waals surface area contributed by atoms with Gasteiger partial charge in [-0.2, -0.15) is 0 Å². The van der Waals surface area contributed by atoms with Gasteiger partial charge < -0.3 is 10.1 Å². The van der Waals surface area contributed by atoms with Gasteiger partial charge in [0.05, 0.1) is 5.41 Å². The van der Waals surface area contributed by atoms with E-state index >= 15 is 0 Å². The first-order chi connectivity index (χ1) is 12.3. The Balaban J connectivity index is 1.41. The average Bonchev–Trinajstić information content (AvgIpc) is 2.54. The molecule has 0 aliphatic heterocycles. The molecule has 0 heterocycles. The summed E-state index contributed by atoms with van der Waals surface area (Å²) in [4.78, 5) is 25.0. The lowest BCUT2D eigenvalue weighted by Crippen LogP contribution is -2.57. The first-order valence-corrected chi connectivity index (χ1v) is 9.61. The second-order valence-corrected chi connectivity index (χ2v) is 9.24. The summed E-state index contributed by atoms with van der Waals surface area (Å²) in [5.74, 6) is -0.109. The van der Waals surface area contributed by atoms with E-state index in [0.717, 1.165) is 32.1 Å². The van der Waals surface area contributed by atoms with Crippen LogP contribution >= 0.6 is 11.6 Å². The minimum Gasteiger partial charge on any atom is -0.452 e. The number of hydrogen-bond acceptors (Lipinski definition) is 3. The Hall–Kier alpha value is -1.62. The smallest absolute Gasteiger partial charge is 0.312 e. The van der Waals surface area contributed by atoms with E-state index in [2.05, 4.69) is 5.32 Å². The summed E-state index contributed by atoms with van der Waals surface area (Å²) in [6, 6.07) is 5.47. The standard InChI is InChI=1S/C20H23ClFNO3/c1-12(17(24)23-16-4-2-15(22)3-5-16)26-18(25)19-7-13-6-14(8-19)10-20(21,9-13)11-19/h2-5,12-14H,6-11H2,1H3,(H,23,24)/t12-,13-,14+,19?,20?/m1/s1. The number of esters is 1. The third-order valence-electron chi connectivity index (χ3n) is 6.19. The molecule has 6 heteroatoms. The fourth-order valence-electron chi connectivity index (χ4n) is 5.51. The zero-order valence-electron chi connectivity index (χ0n) is 14.8. The number of carbonyl (C=O) groups excluding carboxylic acids is 2. The van der Waals surface area contributed by atoms with Crippen LogP contribution in [0.5, 0.6) is 0 Å². The number of carbonyl (C=O) groups is 2. The maximum atomic E-state index is 13.0. The van der Waals surface area contributed by atoms with Gasteiger partial charge in [0.15, 0.2) is 6.10 Å². The summed E-state index contributed by atoms with van der Waals surface area (Å²) in [5, 5.41) is 2.65. The molecule has 4 nitrogen and oxygen atoms in total. The molecule has 1 amide bonds. The summed E-state index contributed by atoms with van der Waals surface area (Å²) >= 11 is 6.77. The number of anilines is 1. The monoisotopic (exact) mass is 379 g/mol. The van der Waals surface area contributed by atoms with Crippen molar-refractivity contribution in [2.24, 2.45) is 17.3 Å². The number of hydrogen-bond donors (Lipinski definition) is 1. The maximum Gasteiger partial charge on any atom is 0.312 e. The van der Waals surface area contributed by atoms with Crippen molar-refractivity contribution in [1.29, 1.82) is 0 Å². The first-order valence-electron chi connectivity index (χ1n) is 9.23. The van der Waals surface area contributed by atoms with Gasteiger partial charge in [-0.15, -0.1) is 11.6 Å². The van der Waals surface area contributed by atoms with Gasteiger partial charge in [0.25, 0.3) is 5.91 Å². The summed E-state index contributed by atoms with van der Waals surface area (Å²) < 4.78 is 18.5. The Morgan fingerprint density at radius 1 is 1.19 bits per heavy atom. The van der Waals surface area contributed by atoms with E-state index in [1.165, 1.54) is 24.3 Å². The molecule has 4 saturated carbocycles. The van der Waals surface area contributed by atoms with Crippen LogP contribution in [0.1, 0.15) is 45.4 Å². The number of benzene rings is 1. The highest BCUT2D eigenvalue weighted by molar-refractivity contribution is 6.24. The molecule has 26 heavy (non-hydrogen) atoms. The van der Waals surface area contributed by atoms with Crippen molar-refractivity contribution in [2.45, 2.75) is 56.4 Å². The second kappa shape index (κ2) is 6.22. The van der Waals surface area contributed by atoms with Crippen molar-refractivity contribution in [3.63, 3.8) is 0 Å². The van der Waals surface area contributed by atoms with Gasteiger partial charge in [0, 0.05) is 10.6 Å². The van der Waals surface area contributed by atoms with E-state index in [0.29, 0.717) is 23.9 Å². The molecular formula is C20H23ClFNO3. The number of rotatable bonds is 4. The van der Waals surface area contributed by atoms with Crippen molar-refractivity contribution >= 4 is 29.2 Å². The summed E-state index contributed by atoms with van der Waals surface area (Å²) in [7, 11) is 0. The van der Waals surface area contributed by atoms with Crippen LogP contribution < -0.4 is 5.32 Å². The van der Waals surface area contributed by atoms with E-state index in [1.807, 2.05) is 0 Å². The number of alkyl halides is 1. The highest BCUT2D eigenvalue weighted by atomic mass is 35.5. The van der Waals surface area contributed by atoms with Crippen LogP contribution in [0.2, 0.25) is 0 Å². The summed E-state index contributed by atoms with van der Waals surface area (Å²) in [6.45, 7) is 1.56. The fourth-order valence-corrected chi connectivity index (χ4v) is 6.20. The van der Waals surface area contributed by atoms with E-state index in [4.69, 9.17) is 16.3 Å². The van der Waals surface area contributed by atoms with Gasteiger partial charge in [-0.3, -0.25) is 9.59 Å². The predicted molar refractivity (Wildman–Crippen MR) is 96.3 cm³/mol. The minimum absolute atomic E-state index is 0.275. The SMILES string of the molecule is C[C@@H](OC(=O)C12C[C@@H]3C[C@@H](CC(Cl)(C3)C1)C2)C(=O)Nc1ccc(F)cc1. The highest BCUT2D eigenvalue weighted by Gasteiger charge is 2.61. The molecule has 1 aromatic carbocycles. The Labute approximate surface area is 157 Å². The van der Waals surface area contributed by atoms with Crippen molar-refractivity contribution in [1.82, 2.24) is 0 Å².